The lowest BCUT2D eigenvalue weighted by Gasteiger charge is -2.17. The summed E-state index contributed by atoms with van der Waals surface area (Å²) >= 11 is 1.50. The van der Waals surface area contributed by atoms with Gasteiger partial charge in [-0.2, -0.15) is 0 Å². The van der Waals surface area contributed by atoms with Crippen molar-refractivity contribution in [3.8, 4) is 0 Å². The molecule has 0 atom stereocenters. The number of likely N-dealkylation sites (N-methyl/N-ethyl adjacent to an activating group) is 1. The first-order valence-electron chi connectivity index (χ1n) is 8.57. The van der Waals surface area contributed by atoms with E-state index in [1.54, 1.807) is 7.05 Å². The number of carbonyl (C=O) groups excluding carboxylic acids is 2. The van der Waals surface area contributed by atoms with E-state index in [4.69, 9.17) is 0 Å². The molecule has 0 aromatic heterocycles. The molecule has 0 saturated carbocycles. The van der Waals surface area contributed by atoms with Crippen LogP contribution in [0.1, 0.15) is 22.3 Å². The Morgan fingerprint density at radius 3 is 2.31 bits per heavy atom. The van der Waals surface area contributed by atoms with Crippen LogP contribution in [0.25, 0.3) is 0 Å². The Balaban J connectivity index is 1.87. The van der Waals surface area contributed by atoms with Gasteiger partial charge in [0.25, 0.3) is 0 Å². The summed E-state index contributed by atoms with van der Waals surface area (Å²) in [4.78, 5) is 27.1. The molecular weight excluding hydrogens is 344 g/mol. The number of benzene rings is 2. The summed E-state index contributed by atoms with van der Waals surface area (Å²) in [7, 11) is 1.66. The average molecular weight is 371 g/mol. The molecule has 0 fully saturated rings. The topological polar surface area (TPSA) is 49.4 Å². The summed E-state index contributed by atoms with van der Waals surface area (Å²) < 4.78 is 0. The number of anilines is 1. The summed E-state index contributed by atoms with van der Waals surface area (Å²) in [6.07, 6.45) is 0. The number of amides is 2. The lowest BCUT2D eigenvalue weighted by atomic mass is 10.1. The highest BCUT2D eigenvalue weighted by Gasteiger charge is 2.14. The minimum atomic E-state index is -0.189. The molecule has 0 aliphatic rings. The van der Waals surface area contributed by atoms with E-state index in [0.29, 0.717) is 5.75 Å². The van der Waals surface area contributed by atoms with Gasteiger partial charge in [0.2, 0.25) is 11.8 Å². The van der Waals surface area contributed by atoms with Crippen LogP contribution >= 0.6 is 11.8 Å². The molecule has 26 heavy (non-hydrogen) atoms. The average Bonchev–Trinajstić information content (AvgIpc) is 2.57. The molecule has 2 aromatic rings. The predicted molar refractivity (Wildman–Crippen MR) is 109 cm³/mol. The second-order valence-electron chi connectivity index (χ2n) is 6.67. The van der Waals surface area contributed by atoms with Crippen LogP contribution in [0.4, 0.5) is 5.69 Å². The summed E-state index contributed by atoms with van der Waals surface area (Å²) in [5.41, 5.74) is 5.25. The van der Waals surface area contributed by atoms with Crippen molar-refractivity contribution in [2.45, 2.75) is 32.6 Å². The van der Waals surface area contributed by atoms with Gasteiger partial charge >= 0.3 is 0 Å². The first kappa shape index (κ1) is 20.0. The van der Waals surface area contributed by atoms with Crippen LogP contribution in [0, 0.1) is 27.7 Å². The Hall–Kier alpha value is -2.27. The Bertz CT molecular complexity index is 818. The SMILES string of the molecule is Cc1ccc(SCC(=O)N(C)CC(=O)Nc2cc(C)ccc2C)c(C)c1. The lowest BCUT2D eigenvalue weighted by Crippen LogP contribution is -2.36. The molecule has 0 spiro atoms. The third kappa shape index (κ3) is 5.63. The normalized spacial score (nSPS) is 10.5. The van der Waals surface area contributed by atoms with Crippen LogP contribution in [0.15, 0.2) is 41.3 Å². The summed E-state index contributed by atoms with van der Waals surface area (Å²) in [6.45, 7) is 8.06. The molecule has 0 aliphatic heterocycles. The van der Waals surface area contributed by atoms with E-state index < -0.39 is 0 Å². The summed E-state index contributed by atoms with van der Waals surface area (Å²) in [6, 6.07) is 12.1. The lowest BCUT2D eigenvalue weighted by molar-refractivity contribution is -0.131. The predicted octanol–water partition coefficient (Wildman–Crippen LogP) is 4.11. The summed E-state index contributed by atoms with van der Waals surface area (Å²) in [5, 5.41) is 2.89. The van der Waals surface area contributed by atoms with Crippen molar-refractivity contribution < 1.29 is 9.59 Å². The number of aryl methyl sites for hydroxylation is 4. The van der Waals surface area contributed by atoms with Crippen LogP contribution in [-0.4, -0.2) is 36.1 Å². The standard InChI is InChI=1S/C21H26N2O2S/c1-14-7-9-19(17(4)10-14)26-13-21(25)23(5)12-20(24)22-18-11-15(2)6-8-16(18)3/h6-11H,12-13H2,1-5H3,(H,22,24). The first-order valence-corrected chi connectivity index (χ1v) is 9.56. The van der Waals surface area contributed by atoms with Crippen LogP contribution < -0.4 is 5.32 Å². The number of hydrogen-bond donors (Lipinski definition) is 1. The fourth-order valence-electron chi connectivity index (χ4n) is 2.57. The molecule has 0 aliphatic carbocycles. The van der Waals surface area contributed by atoms with Crippen molar-refractivity contribution in [3.63, 3.8) is 0 Å². The van der Waals surface area contributed by atoms with Crippen LogP contribution in [0.3, 0.4) is 0 Å². The molecule has 2 amide bonds. The molecule has 0 saturated heterocycles. The van der Waals surface area contributed by atoms with Crippen LogP contribution in [0.2, 0.25) is 0 Å². The molecule has 5 heteroatoms. The Morgan fingerprint density at radius 2 is 1.62 bits per heavy atom. The fraction of sp³-hybridized carbons (Fsp3) is 0.333. The molecule has 0 heterocycles. The van der Waals surface area contributed by atoms with Gasteiger partial charge in [-0.3, -0.25) is 9.59 Å². The van der Waals surface area contributed by atoms with Gasteiger partial charge in [0.1, 0.15) is 0 Å². The highest BCUT2D eigenvalue weighted by Crippen LogP contribution is 2.23. The number of nitrogens with one attached hydrogen (secondary N) is 1. The third-order valence-corrected chi connectivity index (χ3v) is 5.32. The van der Waals surface area contributed by atoms with Gasteiger partial charge in [0, 0.05) is 17.6 Å². The molecule has 138 valence electrons. The van der Waals surface area contributed by atoms with Gasteiger partial charge in [-0.15, -0.1) is 11.8 Å². The minimum Gasteiger partial charge on any atom is -0.336 e. The largest absolute Gasteiger partial charge is 0.336 e. The van der Waals surface area contributed by atoms with Gasteiger partial charge in [-0.1, -0.05) is 29.8 Å². The molecule has 4 nitrogen and oxygen atoms in total. The maximum atomic E-state index is 12.3. The first-order chi connectivity index (χ1) is 12.3. The van der Waals surface area contributed by atoms with Crippen LogP contribution in [0.5, 0.6) is 0 Å². The number of hydrogen-bond acceptors (Lipinski definition) is 3. The zero-order chi connectivity index (χ0) is 19.3. The van der Waals surface area contributed by atoms with Gasteiger partial charge in [-0.25, -0.2) is 0 Å². The van der Waals surface area contributed by atoms with Gasteiger partial charge in [0.15, 0.2) is 0 Å². The Kier molecular flexibility index (Phi) is 6.86. The maximum Gasteiger partial charge on any atom is 0.243 e. The van der Waals surface area contributed by atoms with Crippen molar-refractivity contribution in [2.75, 3.05) is 24.7 Å². The molecule has 0 radical (unpaired) electrons. The molecule has 0 bridgehead atoms. The highest BCUT2D eigenvalue weighted by atomic mass is 32.2. The number of rotatable bonds is 6. The van der Waals surface area contributed by atoms with Crippen molar-refractivity contribution in [1.82, 2.24) is 4.90 Å². The summed E-state index contributed by atoms with van der Waals surface area (Å²) in [5.74, 6) is 0.0640. The Morgan fingerprint density at radius 1 is 0.962 bits per heavy atom. The Labute approximate surface area is 160 Å². The van der Waals surface area contributed by atoms with Gasteiger partial charge < -0.3 is 10.2 Å². The maximum absolute atomic E-state index is 12.3. The van der Waals surface area contributed by atoms with E-state index in [0.717, 1.165) is 27.3 Å². The molecule has 2 rings (SSSR count). The van der Waals surface area contributed by atoms with Crippen molar-refractivity contribution in [3.05, 3.63) is 58.7 Å². The zero-order valence-electron chi connectivity index (χ0n) is 16.1. The van der Waals surface area contributed by atoms with Gasteiger partial charge in [0.05, 0.1) is 12.3 Å². The van der Waals surface area contributed by atoms with Crippen LogP contribution in [-0.2, 0) is 9.59 Å². The van der Waals surface area contributed by atoms with E-state index in [9.17, 15) is 9.59 Å². The number of carbonyl (C=O) groups is 2. The smallest absolute Gasteiger partial charge is 0.243 e. The van der Waals surface area contributed by atoms with E-state index in [1.807, 2.05) is 51.1 Å². The number of thioether (sulfide) groups is 1. The van der Waals surface area contributed by atoms with E-state index in [1.165, 1.54) is 22.2 Å². The second-order valence-corrected chi connectivity index (χ2v) is 7.69. The molecular formula is C21H26N2O2S. The minimum absolute atomic E-state index is 0.0413. The fourth-order valence-corrected chi connectivity index (χ4v) is 3.53. The quantitative estimate of drug-likeness (QED) is 0.779. The molecule has 1 N–H and O–H groups in total. The van der Waals surface area contributed by atoms with Crippen molar-refractivity contribution in [2.24, 2.45) is 0 Å². The highest BCUT2D eigenvalue weighted by molar-refractivity contribution is 8.00. The van der Waals surface area contributed by atoms with E-state index >= 15 is 0 Å². The number of nitrogens with zero attached hydrogens (tertiary/aromatic N) is 1. The van der Waals surface area contributed by atoms with Gasteiger partial charge in [-0.05, 0) is 56.5 Å². The molecule has 0 unspecified atom stereocenters. The zero-order valence-corrected chi connectivity index (χ0v) is 16.9. The van der Waals surface area contributed by atoms with Crippen molar-refractivity contribution >= 4 is 29.3 Å². The van der Waals surface area contributed by atoms with E-state index in [-0.39, 0.29) is 18.4 Å². The van der Waals surface area contributed by atoms with Crippen molar-refractivity contribution in [1.29, 1.82) is 0 Å². The van der Waals surface area contributed by atoms with E-state index in [2.05, 4.69) is 18.3 Å². The molecule has 2 aromatic carbocycles. The second kappa shape index (κ2) is 8.90. The monoisotopic (exact) mass is 370 g/mol. The third-order valence-electron chi connectivity index (χ3n) is 4.16.